The summed E-state index contributed by atoms with van der Waals surface area (Å²) in [5.74, 6) is 0.241. The molecule has 0 aliphatic carbocycles. The van der Waals surface area contributed by atoms with Crippen molar-refractivity contribution in [1.29, 1.82) is 5.26 Å². The molecule has 2 nitrogen and oxygen atoms in total. The van der Waals surface area contributed by atoms with E-state index in [1.807, 2.05) is 19.1 Å². The van der Waals surface area contributed by atoms with Gasteiger partial charge in [-0.2, -0.15) is 5.26 Å². The Morgan fingerprint density at radius 3 is 2.54 bits per heavy atom. The molecule has 13 heavy (non-hydrogen) atoms. The van der Waals surface area contributed by atoms with Crippen molar-refractivity contribution in [1.82, 2.24) is 0 Å². The molecule has 66 valence electrons. The van der Waals surface area contributed by atoms with Crippen LogP contribution >= 0.6 is 0 Å². The van der Waals surface area contributed by atoms with Gasteiger partial charge in [0.1, 0.15) is 6.29 Å². The summed E-state index contributed by atoms with van der Waals surface area (Å²) in [7, 11) is 0. The molecule has 0 fully saturated rings. The molecule has 0 N–H and O–H groups in total. The second-order valence-electron chi connectivity index (χ2n) is 3.04. The minimum absolute atomic E-state index is 0.241. The third-order valence-electron chi connectivity index (χ3n) is 2.06. The van der Waals surface area contributed by atoms with Crippen molar-refractivity contribution in [3.63, 3.8) is 0 Å². The number of hydrogen-bond donors (Lipinski definition) is 0. The van der Waals surface area contributed by atoms with E-state index in [1.54, 1.807) is 12.1 Å². The molecule has 1 aromatic carbocycles. The van der Waals surface area contributed by atoms with Crippen molar-refractivity contribution >= 4 is 6.29 Å². The highest BCUT2D eigenvalue weighted by molar-refractivity contribution is 5.51. The van der Waals surface area contributed by atoms with E-state index in [1.165, 1.54) is 0 Å². The third kappa shape index (κ3) is 2.41. The van der Waals surface area contributed by atoms with Gasteiger partial charge in [0.15, 0.2) is 0 Å². The Morgan fingerprint density at radius 2 is 2.08 bits per heavy atom. The molecule has 0 heterocycles. The van der Waals surface area contributed by atoms with Crippen LogP contribution in [0, 0.1) is 11.3 Å². The standard InChI is InChI=1S/C11H11NO/c1-9(6-7-13)11-4-2-10(8-12)3-5-11/h2-5,7,9H,6H2,1H3/t9-/m0/s1. The number of nitriles is 1. The monoisotopic (exact) mass is 173 g/mol. The second-order valence-corrected chi connectivity index (χ2v) is 3.04. The van der Waals surface area contributed by atoms with Crippen LogP contribution in [0.2, 0.25) is 0 Å². The number of rotatable bonds is 3. The first-order valence-electron chi connectivity index (χ1n) is 4.21. The van der Waals surface area contributed by atoms with Crippen LogP contribution in [0.3, 0.4) is 0 Å². The van der Waals surface area contributed by atoms with E-state index in [-0.39, 0.29) is 5.92 Å². The molecule has 0 saturated heterocycles. The van der Waals surface area contributed by atoms with Gasteiger partial charge in [-0.25, -0.2) is 0 Å². The molecule has 0 unspecified atom stereocenters. The van der Waals surface area contributed by atoms with Gasteiger partial charge in [-0.1, -0.05) is 19.1 Å². The van der Waals surface area contributed by atoms with Crippen LogP contribution in [0.1, 0.15) is 30.4 Å². The Bertz CT molecular complexity index is 321. The summed E-state index contributed by atoms with van der Waals surface area (Å²) < 4.78 is 0. The Labute approximate surface area is 77.8 Å². The molecule has 2 heteroatoms. The summed E-state index contributed by atoms with van der Waals surface area (Å²) in [6.45, 7) is 2.00. The SMILES string of the molecule is C[C@@H](CC=O)c1ccc(C#N)cc1. The second kappa shape index (κ2) is 4.42. The van der Waals surface area contributed by atoms with Crippen molar-refractivity contribution in [3.05, 3.63) is 35.4 Å². The lowest BCUT2D eigenvalue weighted by atomic mass is 9.98. The van der Waals surface area contributed by atoms with Gasteiger partial charge in [0.25, 0.3) is 0 Å². The van der Waals surface area contributed by atoms with E-state index in [0.29, 0.717) is 12.0 Å². The molecule has 1 atom stereocenters. The third-order valence-corrected chi connectivity index (χ3v) is 2.06. The summed E-state index contributed by atoms with van der Waals surface area (Å²) >= 11 is 0. The van der Waals surface area contributed by atoms with E-state index in [9.17, 15) is 4.79 Å². The number of benzene rings is 1. The number of nitrogens with zero attached hydrogens (tertiary/aromatic N) is 1. The van der Waals surface area contributed by atoms with E-state index in [2.05, 4.69) is 6.07 Å². The molecule has 0 saturated carbocycles. The highest BCUT2D eigenvalue weighted by atomic mass is 16.1. The molecular weight excluding hydrogens is 162 g/mol. The van der Waals surface area contributed by atoms with Crippen molar-refractivity contribution in [2.45, 2.75) is 19.3 Å². The zero-order chi connectivity index (χ0) is 9.68. The van der Waals surface area contributed by atoms with Gasteiger partial charge < -0.3 is 4.79 Å². The lowest BCUT2D eigenvalue weighted by molar-refractivity contribution is -0.108. The normalized spacial score (nSPS) is 11.7. The molecular formula is C11H11NO. The lowest BCUT2D eigenvalue weighted by Gasteiger charge is -2.06. The highest BCUT2D eigenvalue weighted by Gasteiger charge is 2.03. The van der Waals surface area contributed by atoms with Gasteiger partial charge in [0, 0.05) is 6.42 Å². The first kappa shape index (κ1) is 9.47. The summed E-state index contributed by atoms with van der Waals surface area (Å²) in [6, 6.07) is 9.40. The average molecular weight is 173 g/mol. The summed E-state index contributed by atoms with van der Waals surface area (Å²) in [4.78, 5) is 10.3. The summed E-state index contributed by atoms with van der Waals surface area (Å²) in [5.41, 5.74) is 1.76. The predicted molar refractivity (Wildman–Crippen MR) is 50.3 cm³/mol. The van der Waals surface area contributed by atoms with Gasteiger partial charge in [0.05, 0.1) is 11.6 Å². The Balaban J connectivity index is 2.80. The van der Waals surface area contributed by atoms with Crippen LogP contribution in [0.4, 0.5) is 0 Å². The quantitative estimate of drug-likeness (QED) is 0.658. The number of carbonyl (C=O) groups excluding carboxylic acids is 1. The van der Waals surface area contributed by atoms with E-state index < -0.39 is 0 Å². The number of hydrogen-bond acceptors (Lipinski definition) is 2. The van der Waals surface area contributed by atoms with Crippen LogP contribution < -0.4 is 0 Å². The summed E-state index contributed by atoms with van der Waals surface area (Å²) in [6.07, 6.45) is 1.45. The maximum Gasteiger partial charge on any atom is 0.120 e. The van der Waals surface area contributed by atoms with Gasteiger partial charge in [0.2, 0.25) is 0 Å². The van der Waals surface area contributed by atoms with Crippen LogP contribution in [-0.4, -0.2) is 6.29 Å². The maximum atomic E-state index is 10.3. The van der Waals surface area contributed by atoms with Gasteiger partial charge in [-0.3, -0.25) is 0 Å². The van der Waals surface area contributed by atoms with Crippen LogP contribution in [0.25, 0.3) is 0 Å². The Morgan fingerprint density at radius 1 is 1.46 bits per heavy atom. The maximum absolute atomic E-state index is 10.3. The highest BCUT2D eigenvalue weighted by Crippen LogP contribution is 2.17. The molecule has 0 bridgehead atoms. The van der Waals surface area contributed by atoms with Crippen molar-refractivity contribution in [2.24, 2.45) is 0 Å². The first-order chi connectivity index (χ1) is 6.27. The molecule has 1 aromatic rings. The number of carbonyl (C=O) groups is 1. The molecule has 0 spiro atoms. The van der Waals surface area contributed by atoms with Crippen LogP contribution in [0.5, 0.6) is 0 Å². The average Bonchev–Trinajstić information content (AvgIpc) is 2.18. The molecule has 1 rings (SSSR count). The van der Waals surface area contributed by atoms with Crippen molar-refractivity contribution in [3.8, 4) is 6.07 Å². The molecule has 0 aliphatic rings. The van der Waals surface area contributed by atoms with Crippen molar-refractivity contribution < 1.29 is 4.79 Å². The Hall–Kier alpha value is -1.62. The number of aldehydes is 1. The molecule has 0 amide bonds. The molecule has 0 radical (unpaired) electrons. The smallest absolute Gasteiger partial charge is 0.120 e. The van der Waals surface area contributed by atoms with E-state index in [0.717, 1.165) is 11.8 Å². The minimum atomic E-state index is 0.241. The molecule has 0 aromatic heterocycles. The summed E-state index contributed by atoms with van der Waals surface area (Å²) in [5, 5.41) is 8.56. The van der Waals surface area contributed by atoms with E-state index >= 15 is 0 Å². The predicted octanol–water partition coefficient (Wildman–Crippen LogP) is 2.25. The fraction of sp³-hybridized carbons (Fsp3) is 0.273. The van der Waals surface area contributed by atoms with Gasteiger partial charge in [-0.15, -0.1) is 0 Å². The topological polar surface area (TPSA) is 40.9 Å². The van der Waals surface area contributed by atoms with E-state index in [4.69, 9.17) is 5.26 Å². The zero-order valence-electron chi connectivity index (χ0n) is 7.53. The van der Waals surface area contributed by atoms with Crippen LogP contribution in [0.15, 0.2) is 24.3 Å². The van der Waals surface area contributed by atoms with Crippen molar-refractivity contribution in [2.75, 3.05) is 0 Å². The lowest BCUT2D eigenvalue weighted by Crippen LogP contribution is -1.93. The molecule has 0 aliphatic heterocycles. The first-order valence-corrected chi connectivity index (χ1v) is 4.21. The minimum Gasteiger partial charge on any atom is -0.303 e. The van der Waals surface area contributed by atoms with Gasteiger partial charge >= 0.3 is 0 Å². The fourth-order valence-corrected chi connectivity index (χ4v) is 1.17. The fourth-order valence-electron chi connectivity index (χ4n) is 1.17. The largest absolute Gasteiger partial charge is 0.303 e. The zero-order valence-corrected chi connectivity index (χ0v) is 7.53. The van der Waals surface area contributed by atoms with Gasteiger partial charge in [-0.05, 0) is 23.6 Å². The van der Waals surface area contributed by atoms with Crippen LogP contribution in [-0.2, 0) is 4.79 Å². The Kier molecular flexibility index (Phi) is 3.22.